The second-order valence-electron chi connectivity index (χ2n) is 5.61. The van der Waals surface area contributed by atoms with Gasteiger partial charge in [0.05, 0.1) is 13.7 Å². The third-order valence-corrected chi connectivity index (χ3v) is 4.30. The molecule has 5 heteroatoms. The normalized spacial score (nSPS) is 20.4. The van der Waals surface area contributed by atoms with Crippen LogP contribution in [0.25, 0.3) is 0 Å². The highest BCUT2D eigenvalue weighted by Gasteiger charge is 2.32. The molecule has 2 unspecified atom stereocenters. The molecule has 0 saturated carbocycles. The van der Waals surface area contributed by atoms with Crippen LogP contribution in [0.5, 0.6) is 11.5 Å². The molecule has 22 heavy (non-hydrogen) atoms. The first kappa shape index (κ1) is 16.6. The highest BCUT2D eigenvalue weighted by Crippen LogP contribution is 2.34. The Hall–Kier alpha value is -1.75. The molecule has 0 radical (unpaired) electrons. The van der Waals surface area contributed by atoms with Gasteiger partial charge in [0.25, 0.3) is 0 Å². The molecule has 122 valence electrons. The standard InChI is InChI=1S/C17H25NO4/c1-4-22-15-9-8-13(11-16(15)21-3)12(2)18-10-6-5-7-14(18)17(19)20/h8-9,11-12,14H,4-7,10H2,1-3H3,(H,19,20). The van der Waals surface area contributed by atoms with E-state index < -0.39 is 12.0 Å². The Labute approximate surface area is 131 Å². The lowest BCUT2D eigenvalue weighted by Gasteiger charge is -2.37. The largest absolute Gasteiger partial charge is 0.493 e. The van der Waals surface area contributed by atoms with Gasteiger partial charge in [-0.2, -0.15) is 0 Å². The number of nitrogens with zero attached hydrogens (tertiary/aromatic N) is 1. The van der Waals surface area contributed by atoms with Crippen molar-refractivity contribution in [2.24, 2.45) is 0 Å². The van der Waals surface area contributed by atoms with E-state index in [2.05, 4.69) is 11.8 Å². The van der Waals surface area contributed by atoms with E-state index in [9.17, 15) is 9.90 Å². The number of likely N-dealkylation sites (tertiary alicyclic amines) is 1. The molecule has 1 aromatic rings. The van der Waals surface area contributed by atoms with Crippen LogP contribution in [-0.2, 0) is 4.79 Å². The molecule has 1 aliphatic heterocycles. The van der Waals surface area contributed by atoms with Gasteiger partial charge in [0.1, 0.15) is 6.04 Å². The first-order valence-electron chi connectivity index (χ1n) is 7.87. The molecule has 1 aliphatic rings. The first-order chi connectivity index (χ1) is 10.6. The summed E-state index contributed by atoms with van der Waals surface area (Å²) in [6.45, 7) is 5.38. The van der Waals surface area contributed by atoms with Gasteiger partial charge in [-0.3, -0.25) is 9.69 Å². The molecule has 0 spiro atoms. The lowest BCUT2D eigenvalue weighted by Crippen LogP contribution is -2.45. The molecule has 1 N–H and O–H groups in total. The second kappa shape index (κ2) is 7.49. The average Bonchev–Trinajstić information content (AvgIpc) is 2.54. The monoisotopic (exact) mass is 307 g/mol. The summed E-state index contributed by atoms with van der Waals surface area (Å²) in [5.41, 5.74) is 1.05. The fourth-order valence-electron chi connectivity index (χ4n) is 3.09. The molecule has 0 amide bonds. The van der Waals surface area contributed by atoms with Gasteiger partial charge in [0, 0.05) is 6.04 Å². The van der Waals surface area contributed by atoms with Crippen LogP contribution in [0.1, 0.15) is 44.7 Å². The molecule has 1 saturated heterocycles. The van der Waals surface area contributed by atoms with Crippen molar-refractivity contribution in [3.05, 3.63) is 23.8 Å². The van der Waals surface area contributed by atoms with Gasteiger partial charge < -0.3 is 14.6 Å². The van der Waals surface area contributed by atoms with Gasteiger partial charge in [0.2, 0.25) is 0 Å². The van der Waals surface area contributed by atoms with E-state index in [1.54, 1.807) is 7.11 Å². The zero-order valence-electron chi connectivity index (χ0n) is 13.5. The maximum atomic E-state index is 11.5. The Balaban J connectivity index is 2.24. The highest BCUT2D eigenvalue weighted by molar-refractivity contribution is 5.73. The lowest BCUT2D eigenvalue weighted by atomic mass is 9.97. The SMILES string of the molecule is CCOc1ccc(C(C)N2CCCCC2C(=O)O)cc1OC. The quantitative estimate of drug-likeness (QED) is 0.875. The molecule has 2 rings (SSSR count). The average molecular weight is 307 g/mol. The number of carboxylic acids is 1. The minimum absolute atomic E-state index is 0.0333. The summed E-state index contributed by atoms with van der Waals surface area (Å²) in [5.74, 6) is 0.675. The Morgan fingerprint density at radius 1 is 1.41 bits per heavy atom. The lowest BCUT2D eigenvalue weighted by molar-refractivity contribution is -0.145. The Bertz CT molecular complexity index is 517. The number of hydrogen-bond donors (Lipinski definition) is 1. The maximum Gasteiger partial charge on any atom is 0.320 e. The Morgan fingerprint density at radius 3 is 2.82 bits per heavy atom. The fourth-order valence-corrected chi connectivity index (χ4v) is 3.09. The topological polar surface area (TPSA) is 59.0 Å². The van der Waals surface area contributed by atoms with Crippen molar-refractivity contribution in [3.8, 4) is 11.5 Å². The van der Waals surface area contributed by atoms with E-state index in [1.165, 1.54) is 0 Å². The van der Waals surface area contributed by atoms with E-state index in [0.29, 0.717) is 18.8 Å². The van der Waals surface area contributed by atoms with Crippen molar-refractivity contribution in [2.75, 3.05) is 20.3 Å². The molecule has 1 aromatic carbocycles. The number of methoxy groups -OCH3 is 1. The van der Waals surface area contributed by atoms with Crippen molar-refractivity contribution in [3.63, 3.8) is 0 Å². The van der Waals surface area contributed by atoms with Crippen LogP contribution in [0.3, 0.4) is 0 Å². The third-order valence-electron chi connectivity index (χ3n) is 4.30. The van der Waals surface area contributed by atoms with Crippen LogP contribution >= 0.6 is 0 Å². The summed E-state index contributed by atoms with van der Waals surface area (Å²) in [6.07, 6.45) is 2.74. The predicted molar refractivity (Wildman–Crippen MR) is 84.6 cm³/mol. The number of ether oxygens (including phenoxy) is 2. The number of carbonyl (C=O) groups is 1. The summed E-state index contributed by atoms with van der Waals surface area (Å²) in [5, 5.41) is 9.43. The molecular weight excluding hydrogens is 282 g/mol. The molecule has 5 nitrogen and oxygen atoms in total. The van der Waals surface area contributed by atoms with Crippen molar-refractivity contribution < 1.29 is 19.4 Å². The highest BCUT2D eigenvalue weighted by atomic mass is 16.5. The number of benzene rings is 1. The number of hydrogen-bond acceptors (Lipinski definition) is 4. The third kappa shape index (κ3) is 3.53. The van der Waals surface area contributed by atoms with Crippen LogP contribution in [-0.4, -0.2) is 42.3 Å². The summed E-state index contributed by atoms with van der Waals surface area (Å²) in [7, 11) is 1.62. The molecule has 0 aromatic heterocycles. The maximum absolute atomic E-state index is 11.5. The van der Waals surface area contributed by atoms with E-state index in [-0.39, 0.29) is 6.04 Å². The minimum atomic E-state index is -0.732. The zero-order chi connectivity index (χ0) is 16.1. The van der Waals surface area contributed by atoms with Gasteiger partial charge in [-0.1, -0.05) is 12.5 Å². The number of rotatable bonds is 6. The molecular formula is C17H25NO4. The van der Waals surface area contributed by atoms with Crippen molar-refractivity contribution >= 4 is 5.97 Å². The van der Waals surface area contributed by atoms with Gasteiger partial charge in [-0.15, -0.1) is 0 Å². The van der Waals surface area contributed by atoms with Crippen LogP contribution in [0.15, 0.2) is 18.2 Å². The van der Waals surface area contributed by atoms with Gasteiger partial charge in [0.15, 0.2) is 11.5 Å². The van der Waals surface area contributed by atoms with E-state index in [1.807, 2.05) is 25.1 Å². The van der Waals surface area contributed by atoms with E-state index in [0.717, 1.165) is 30.7 Å². The predicted octanol–water partition coefficient (Wildman–Crippen LogP) is 3.09. The van der Waals surface area contributed by atoms with Gasteiger partial charge >= 0.3 is 5.97 Å². The van der Waals surface area contributed by atoms with E-state index >= 15 is 0 Å². The fraction of sp³-hybridized carbons (Fsp3) is 0.588. The number of carboxylic acid groups (broad SMARTS) is 1. The first-order valence-corrected chi connectivity index (χ1v) is 7.87. The molecule has 1 heterocycles. The molecule has 0 bridgehead atoms. The summed E-state index contributed by atoms with van der Waals surface area (Å²) < 4.78 is 10.9. The molecule has 0 aliphatic carbocycles. The summed E-state index contributed by atoms with van der Waals surface area (Å²) in [6, 6.07) is 5.47. The van der Waals surface area contributed by atoms with Crippen LogP contribution in [0, 0.1) is 0 Å². The van der Waals surface area contributed by atoms with Crippen LogP contribution in [0.2, 0.25) is 0 Å². The van der Waals surface area contributed by atoms with E-state index in [4.69, 9.17) is 9.47 Å². The smallest absolute Gasteiger partial charge is 0.320 e. The van der Waals surface area contributed by atoms with Crippen LogP contribution in [0.4, 0.5) is 0 Å². The van der Waals surface area contributed by atoms with Gasteiger partial charge in [-0.25, -0.2) is 0 Å². The molecule has 2 atom stereocenters. The Kier molecular flexibility index (Phi) is 5.66. The van der Waals surface area contributed by atoms with Crippen LogP contribution < -0.4 is 9.47 Å². The van der Waals surface area contributed by atoms with Gasteiger partial charge in [-0.05, 0) is 50.9 Å². The molecule has 1 fully saturated rings. The van der Waals surface area contributed by atoms with Crippen molar-refractivity contribution in [1.29, 1.82) is 0 Å². The zero-order valence-corrected chi connectivity index (χ0v) is 13.5. The minimum Gasteiger partial charge on any atom is -0.493 e. The van der Waals surface area contributed by atoms with Crippen molar-refractivity contribution in [1.82, 2.24) is 4.90 Å². The number of piperidine rings is 1. The second-order valence-corrected chi connectivity index (χ2v) is 5.61. The van der Waals surface area contributed by atoms with Crippen molar-refractivity contribution in [2.45, 2.75) is 45.2 Å². The Morgan fingerprint density at radius 2 is 2.18 bits per heavy atom. The summed E-state index contributed by atoms with van der Waals surface area (Å²) in [4.78, 5) is 13.5. The summed E-state index contributed by atoms with van der Waals surface area (Å²) >= 11 is 0. The number of aliphatic carboxylic acids is 1.